The first-order valence-electron chi connectivity index (χ1n) is 4.48. The molecule has 0 amide bonds. The minimum atomic E-state index is -4.65. The zero-order valence-electron chi connectivity index (χ0n) is 8.58. The first-order chi connectivity index (χ1) is 7.73. The molecule has 1 unspecified atom stereocenters. The van der Waals surface area contributed by atoms with E-state index >= 15 is 0 Å². The molecule has 1 N–H and O–H groups in total. The Bertz CT molecular complexity index is 428. The van der Waals surface area contributed by atoms with E-state index in [4.69, 9.17) is 5.11 Å². The van der Waals surface area contributed by atoms with E-state index < -0.39 is 35.4 Å². The van der Waals surface area contributed by atoms with Crippen LogP contribution in [0.25, 0.3) is 0 Å². The van der Waals surface area contributed by atoms with E-state index in [0.717, 1.165) is 18.2 Å². The highest BCUT2D eigenvalue weighted by Gasteiger charge is 2.38. The molecule has 0 aliphatic heterocycles. The van der Waals surface area contributed by atoms with Crippen LogP contribution in [0.2, 0.25) is 0 Å². The molecule has 0 radical (unpaired) electrons. The van der Waals surface area contributed by atoms with Crippen molar-refractivity contribution in [3.8, 4) is 5.75 Å². The monoisotopic (exact) mass is 252 g/mol. The van der Waals surface area contributed by atoms with Crippen molar-refractivity contribution < 1.29 is 32.2 Å². The highest BCUT2D eigenvalue weighted by molar-refractivity contribution is 5.91. The second-order valence-corrected chi connectivity index (χ2v) is 3.22. The van der Waals surface area contributed by atoms with Crippen molar-refractivity contribution in [1.82, 2.24) is 0 Å². The van der Waals surface area contributed by atoms with Crippen LogP contribution in [0.5, 0.6) is 5.75 Å². The molecule has 0 bridgehead atoms. The van der Waals surface area contributed by atoms with Gasteiger partial charge in [0.15, 0.2) is 6.10 Å². The lowest BCUT2D eigenvalue weighted by molar-refractivity contribution is -0.189. The normalized spacial score (nSPS) is 13.2. The fourth-order valence-corrected chi connectivity index (χ4v) is 1.07. The maximum absolute atomic E-state index is 13.1. The summed E-state index contributed by atoms with van der Waals surface area (Å²) in [6, 6.07) is 2.86. The van der Waals surface area contributed by atoms with E-state index in [0.29, 0.717) is 6.92 Å². The van der Waals surface area contributed by atoms with Crippen LogP contribution in [-0.4, -0.2) is 23.4 Å². The van der Waals surface area contributed by atoms with E-state index in [1.807, 2.05) is 0 Å². The van der Waals surface area contributed by atoms with Crippen LogP contribution >= 0.6 is 0 Å². The van der Waals surface area contributed by atoms with Crippen molar-refractivity contribution in [2.45, 2.75) is 19.2 Å². The molecule has 0 saturated carbocycles. The summed E-state index contributed by atoms with van der Waals surface area (Å²) in [5.74, 6) is -3.49. The van der Waals surface area contributed by atoms with E-state index in [1.165, 1.54) is 0 Å². The molecule has 3 nitrogen and oxygen atoms in total. The average molecular weight is 252 g/mol. The highest BCUT2D eigenvalue weighted by Crippen LogP contribution is 2.28. The fraction of sp³-hybridized carbons (Fsp3) is 0.300. The summed E-state index contributed by atoms with van der Waals surface area (Å²) in [6.07, 6.45) is -6.87. The summed E-state index contributed by atoms with van der Waals surface area (Å²) in [6.45, 7) is 0.705. The maximum Gasteiger partial charge on any atom is 0.425 e. The fourth-order valence-electron chi connectivity index (χ4n) is 1.07. The Morgan fingerprint density at radius 3 is 2.47 bits per heavy atom. The topological polar surface area (TPSA) is 46.5 Å². The van der Waals surface area contributed by atoms with Crippen LogP contribution in [0, 0.1) is 5.82 Å². The average Bonchev–Trinajstić information content (AvgIpc) is 2.15. The van der Waals surface area contributed by atoms with Crippen molar-refractivity contribution in [3.05, 3.63) is 29.6 Å². The van der Waals surface area contributed by atoms with E-state index in [2.05, 4.69) is 4.74 Å². The van der Waals surface area contributed by atoms with Gasteiger partial charge in [-0.25, -0.2) is 9.18 Å². The molecule has 1 rings (SSSR count). The van der Waals surface area contributed by atoms with Gasteiger partial charge in [0.25, 0.3) is 0 Å². The second kappa shape index (κ2) is 4.60. The molecule has 1 aromatic carbocycles. The molecular weight excluding hydrogens is 244 g/mol. The van der Waals surface area contributed by atoms with Gasteiger partial charge < -0.3 is 9.84 Å². The molecule has 1 atom stereocenters. The summed E-state index contributed by atoms with van der Waals surface area (Å²) in [4.78, 5) is 10.7. The van der Waals surface area contributed by atoms with Crippen LogP contribution in [-0.2, 0) is 0 Å². The number of halogens is 4. The van der Waals surface area contributed by atoms with Crippen LogP contribution in [0.4, 0.5) is 17.6 Å². The van der Waals surface area contributed by atoms with Crippen LogP contribution < -0.4 is 4.74 Å². The molecule has 0 fully saturated rings. The van der Waals surface area contributed by atoms with Crippen LogP contribution in [0.1, 0.15) is 17.3 Å². The number of benzene rings is 1. The van der Waals surface area contributed by atoms with Gasteiger partial charge in [-0.2, -0.15) is 13.2 Å². The number of carboxylic acid groups (broad SMARTS) is 1. The lowest BCUT2D eigenvalue weighted by Gasteiger charge is -2.18. The largest absolute Gasteiger partial charge is 0.480 e. The number of ether oxygens (including phenoxy) is 1. The number of hydrogen-bond acceptors (Lipinski definition) is 2. The molecule has 94 valence electrons. The molecule has 0 aliphatic rings. The third kappa shape index (κ3) is 3.08. The Kier molecular flexibility index (Phi) is 3.59. The Morgan fingerprint density at radius 1 is 1.41 bits per heavy atom. The van der Waals surface area contributed by atoms with Gasteiger partial charge in [0, 0.05) is 0 Å². The van der Waals surface area contributed by atoms with Gasteiger partial charge in [-0.1, -0.05) is 6.07 Å². The van der Waals surface area contributed by atoms with Gasteiger partial charge in [-0.15, -0.1) is 0 Å². The van der Waals surface area contributed by atoms with E-state index in [9.17, 15) is 22.4 Å². The summed E-state index contributed by atoms with van der Waals surface area (Å²) in [7, 11) is 0. The standard InChI is InChI=1S/C10H8F4O3/c1-5(10(12,13)14)17-7-4-2-3-6(11)8(7)9(15)16/h2-5H,1H3,(H,15,16). The van der Waals surface area contributed by atoms with Crippen molar-refractivity contribution >= 4 is 5.97 Å². The minimum Gasteiger partial charge on any atom is -0.480 e. The van der Waals surface area contributed by atoms with Crippen molar-refractivity contribution in [1.29, 1.82) is 0 Å². The van der Waals surface area contributed by atoms with E-state index in [-0.39, 0.29) is 0 Å². The lowest BCUT2D eigenvalue weighted by Crippen LogP contribution is -2.31. The predicted molar refractivity (Wildman–Crippen MR) is 49.5 cm³/mol. The molecule has 17 heavy (non-hydrogen) atoms. The van der Waals surface area contributed by atoms with Crippen LogP contribution in [0.15, 0.2) is 18.2 Å². The molecule has 0 aliphatic carbocycles. The zero-order chi connectivity index (χ0) is 13.2. The van der Waals surface area contributed by atoms with Gasteiger partial charge in [0.05, 0.1) is 0 Å². The first kappa shape index (κ1) is 13.3. The predicted octanol–water partition coefficient (Wildman–Crippen LogP) is 2.85. The van der Waals surface area contributed by atoms with Crippen molar-refractivity contribution in [2.75, 3.05) is 0 Å². The molecule has 7 heteroatoms. The van der Waals surface area contributed by atoms with Gasteiger partial charge >= 0.3 is 12.1 Å². The SMILES string of the molecule is CC(Oc1cccc(F)c1C(=O)O)C(F)(F)F. The van der Waals surface area contributed by atoms with Crippen molar-refractivity contribution in [3.63, 3.8) is 0 Å². The number of alkyl halides is 3. The summed E-state index contributed by atoms with van der Waals surface area (Å²) >= 11 is 0. The highest BCUT2D eigenvalue weighted by atomic mass is 19.4. The summed E-state index contributed by atoms with van der Waals surface area (Å²) in [5.41, 5.74) is -0.913. The second-order valence-electron chi connectivity index (χ2n) is 3.22. The molecule has 1 aromatic rings. The Hall–Kier alpha value is -1.79. The Labute approximate surface area is 93.6 Å². The zero-order valence-corrected chi connectivity index (χ0v) is 8.58. The Balaban J connectivity index is 3.07. The smallest absolute Gasteiger partial charge is 0.425 e. The summed E-state index contributed by atoms with van der Waals surface area (Å²) in [5, 5.41) is 8.66. The number of carboxylic acids is 1. The van der Waals surface area contributed by atoms with Crippen molar-refractivity contribution in [2.24, 2.45) is 0 Å². The number of hydrogen-bond donors (Lipinski definition) is 1. The molecule has 0 heterocycles. The number of aromatic carboxylic acids is 1. The molecular formula is C10H8F4O3. The molecule has 0 aromatic heterocycles. The Morgan fingerprint density at radius 2 is 2.00 bits per heavy atom. The third-order valence-corrected chi connectivity index (χ3v) is 1.95. The third-order valence-electron chi connectivity index (χ3n) is 1.95. The maximum atomic E-state index is 13.1. The minimum absolute atomic E-state index is 0.651. The first-order valence-corrected chi connectivity index (χ1v) is 4.48. The summed E-state index contributed by atoms with van der Waals surface area (Å²) < 4.78 is 54.1. The number of carbonyl (C=O) groups is 1. The van der Waals surface area contributed by atoms with Crippen LogP contribution in [0.3, 0.4) is 0 Å². The van der Waals surface area contributed by atoms with Gasteiger partial charge in [-0.05, 0) is 19.1 Å². The van der Waals surface area contributed by atoms with E-state index in [1.54, 1.807) is 0 Å². The van der Waals surface area contributed by atoms with Gasteiger partial charge in [-0.3, -0.25) is 0 Å². The number of rotatable bonds is 3. The quantitative estimate of drug-likeness (QED) is 0.841. The van der Waals surface area contributed by atoms with Gasteiger partial charge in [0.2, 0.25) is 0 Å². The lowest BCUT2D eigenvalue weighted by atomic mass is 10.2. The van der Waals surface area contributed by atoms with Gasteiger partial charge in [0.1, 0.15) is 17.1 Å². The molecule has 0 spiro atoms. The molecule has 0 saturated heterocycles.